The smallest absolute Gasteiger partial charge is 0.216 e. The number of likely N-dealkylation sites (tertiary alicyclic amines) is 1. The Morgan fingerprint density at radius 2 is 1.44 bits per heavy atom. The summed E-state index contributed by atoms with van der Waals surface area (Å²) in [4.78, 5) is 21.1. The number of carbonyl (C=O) groups excluding carboxylic acids is 1. The van der Waals surface area contributed by atoms with Gasteiger partial charge in [-0.1, -0.05) is 23.2 Å². The summed E-state index contributed by atoms with van der Waals surface area (Å²) in [6.07, 6.45) is 6.05. The van der Waals surface area contributed by atoms with Crippen molar-refractivity contribution < 1.29 is 14.6 Å². The minimum Gasteiger partial charge on any atom is -0.360 e. The third kappa shape index (κ3) is 7.95. The second kappa shape index (κ2) is 13.1. The highest BCUT2D eigenvalue weighted by Gasteiger charge is 2.24. The van der Waals surface area contributed by atoms with Crippen LogP contribution in [0.15, 0.2) is 60.9 Å². The van der Waals surface area contributed by atoms with Crippen LogP contribution in [-0.2, 0) is 17.9 Å². The molecule has 0 radical (unpaired) electrons. The average molecular weight is 569 g/mol. The molecule has 5 rings (SSSR count). The molecular weight excluding hydrogens is 529 g/mol. The third-order valence-electron chi connectivity index (χ3n) is 8.11. The summed E-state index contributed by atoms with van der Waals surface area (Å²) in [5, 5.41) is 4.32. The molecule has 2 aromatic carbocycles. The van der Waals surface area contributed by atoms with Gasteiger partial charge in [-0.25, -0.2) is 0 Å². The van der Waals surface area contributed by atoms with Gasteiger partial charge in [0.2, 0.25) is 5.91 Å². The van der Waals surface area contributed by atoms with Crippen LogP contribution in [-0.4, -0.2) is 56.7 Å². The summed E-state index contributed by atoms with van der Waals surface area (Å²) < 4.78 is 0. The zero-order valence-electron chi connectivity index (χ0n) is 22.7. The zero-order chi connectivity index (χ0) is 27.2. The van der Waals surface area contributed by atoms with E-state index < -0.39 is 0 Å². The zero-order valence-corrected chi connectivity index (χ0v) is 24.2. The maximum absolute atomic E-state index is 11.3. The number of rotatable bonds is 8. The quantitative estimate of drug-likeness (QED) is 0.392. The van der Waals surface area contributed by atoms with Crippen molar-refractivity contribution in [2.75, 3.05) is 50.7 Å². The van der Waals surface area contributed by atoms with Crippen molar-refractivity contribution in [1.82, 2.24) is 10.3 Å². The van der Waals surface area contributed by atoms with Crippen LogP contribution in [0.5, 0.6) is 0 Å². The van der Waals surface area contributed by atoms with Gasteiger partial charge >= 0.3 is 0 Å². The number of quaternary nitrogens is 2. The number of carbonyl (C=O) groups is 1. The van der Waals surface area contributed by atoms with Crippen molar-refractivity contribution in [1.29, 1.82) is 0 Å². The Kier molecular flexibility index (Phi) is 9.40. The number of hydrogen-bond donors (Lipinski definition) is 3. The molecule has 6 nitrogen and oxygen atoms in total. The fourth-order valence-corrected chi connectivity index (χ4v) is 6.52. The Hall–Kier alpha value is -2.64. The van der Waals surface area contributed by atoms with E-state index in [1.165, 1.54) is 22.4 Å². The van der Waals surface area contributed by atoms with E-state index in [4.69, 9.17) is 23.2 Å². The summed E-state index contributed by atoms with van der Waals surface area (Å²) in [7, 11) is 0. The first-order valence-electron chi connectivity index (χ1n) is 14.1. The van der Waals surface area contributed by atoms with Crippen molar-refractivity contribution in [3.05, 3.63) is 82.1 Å². The lowest BCUT2D eigenvalue weighted by Gasteiger charge is -2.33. The van der Waals surface area contributed by atoms with E-state index in [-0.39, 0.29) is 5.91 Å². The average Bonchev–Trinajstić information content (AvgIpc) is 2.93. The number of nitrogens with zero attached hydrogens (tertiary/aromatic N) is 2. The highest BCUT2D eigenvalue weighted by Crippen LogP contribution is 2.29. The summed E-state index contributed by atoms with van der Waals surface area (Å²) in [6, 6.07) is 17.1. The van der Waals surface area contributed by atoms with E-state index in [1.54, 1.807) is 22.8 Å². The van der Waals surface area contributed by atoms with Crippen molar-refractivity contribution in [3.63, 3.8) is 0 Å². The van der Waals surface area contributed by atoms with E-state index >= 15 is 0 Å². The Labute approximate surface area is 241 Å². The minimum atomic E-state index is 0.0659. The number of amides is 1. The molecule has 2 aliphatic rings. The number of hydrogen-bond acceptors (Lipinski definition) is 3. The van der Waals surface area contributed by atoms with Gasteiger partial charge in [0, 0.05) is 65.6 Å². The number of benzene rings is 2. The molecule has 0 spiro atoms. The highest BCUT2D eigenvalue weighted by atomic mass is 35.5. The van der Waals surface area contributed by atoms with Crippen LogP contribution in [0.25, 0.3) is 11.1 Å². The summed E-state index contributed by atoms with van der Waals surface area (Å²) in [6.45, 7) is 11.0. The molecule has 0 saturated carbocycles. The first-order chi connectivity index (χ1) is 18.9. The largest absolute Gasteiger partial charge is 0.360 e. The molecule has 2 aliphatic heterocycles. The molecule has 0 unspecified atom stereocenters. The monoisotopic (exact) mass is 567 g/mol. The van der Waals surface area contributed by atoms with Crippen LogP contribution in [0.2, 0.25) is 10.0 Å². The van der Waals surface area contributed by atoms with Gasteiger partial charge < -0.3 is 20.0 Å². The maximum Gasteiger partial charge on any atom is 0.216 e. The summed E-state index contributed by atoms with van der Waals surface area (Å²) in [5.74, 6) is 0.652. The van der Waals surface area contributed by atoms with Crippen molar-refractivity contribution >= 4 is 34.8 Å². The third-order valence-corrected chi connectivity index (χ3v) is 8.54. The lowest BCUT2D eigenvalue weighted by molar-refractivity contribution is -0.919. The molecular formula is C31H39Cl2N5O+2. The van der Waals surface area contributed by atoms with Crippen LogP contribution >= 0.6 is 23.2 Å². The summed E-state index contributed by atoms with van der Waals surface area (Å²) >= 11 is 12.8. The van der Waals surface area contributed by atoms with Crippen molar-refractivity contribution in [2.45, 2.75) is 32.9 Å². The number of piperidine rings is 1. The lowest BCUT2D eigenvalue weighted by Crippen LogP contribution is -3.13. The van der Waals surface area contributed by atoms with Crippen molar-refractivity contribution in [2.24, 2.45) is 5.92 Å². The van der Waals surface area contributed by atoms with Crippen LogP contribution in [0, 0.1) is 5.92 Å². The molecule has 2 saturated heterocycles. The second-order valence-electron chi connectivity index (χ2n) is 11.1. The lowest BCUT2D eigenvalue weighted by atomic mass is 9.95. The molecule has 39 heavy (non-hydrogen) atoms. The Morgan fingerprint density at radius 3 is 2.03 bits per heavy atom. The number of piperazine rings is 1. The second-order valence-corrected chi connectivity index (χ2v) is 12.0. The Balaban J connectivity index is 1.28. The van der Waals surface area contributed by atoms with Crippen LogP contribution < -0.4 is 20.0 Å². The predicted molar refractivity (Wildman–Crippen MR) is 159 cm³/mol. The number of pyridine rings is 1. The molecule has 3 aromatic rings. The maximum atomic E-state index is 11.3. The van der Waals surface area contributed by atoms with Gasteiger partial charge in [-0.05, 0) is 65.6 Å². The van der Waals surface area contributed by atoms with Gasteiger partial charge in [0.15, 0.2) is 0 Å². The van der Waals surface area contributed by atoms with Gasteiger partial charge in [0.25, 0.3) is 0 Å². The Bertz CT molecular complexity index is 1230. The number of anilines is 1. The highest BCUT2D eigenvalue weighted by molar-refractivity contribution is 6.35. The van der Waals surface area contributed by atoms with Crippen LogP contribution in [0.1, 0.15) is 30.9 Å². The molecule has 0 atom stereocenters. The SMILES string of the molecule is CC(=O)NCC1CC[NH+](Cc2cc(C[NH+]3CCN(c4ccncc4)CC3)cc(-c3cc(Cl)cc(Cl)c3)c2)CC1. The molecule has 1 amide bonds. The first kappa shape index (κ1) is 27.9. The van der Waals surface area contributed by atoms with E-state index in [0.717, 1.165) is 77.3 Å². The fraction of sp³-hybridized carbons (Fsp3) is 0.419. The number of nitrogens with one attached hydrogen (secondary N) is 3. The predicted octanol–water partition coefficient (Wildman–Crippen LogP) is 2.89. The molecule has 0 aliphatic carbocycles. The van der Waals surface area contributed by atoms with Crippen molar-refractivity contribution in [3.8, 4) is 11.1 Å². The molecule has 3 heterocycles. The molecule has 206 valence electrons. The standard InChI is InChI=1S/C31H37Cl2N5O/c1-23(39)35-20-24-4-8-36(9-5-24)21-25-14-26(16-27(15-25)28-17-29(32)19-30(33)18-28)22-37-10-12-38(13-11-37)31-2-6-34-7-3-31/h2-3,6-7,14-19,24H,4-5,8-13,20-22H2,1H3,(H,35,39)/p+2. The molecule has 2 fully saturated rings. The topological polar surface area (TPSA) is 54.1 Å². The first-order valence-corrected chi connectivity index (χ1v) is 14.8. The minimum absolute atomic E-state index is 0.0659. The van der Waals surface area contributed by atoms with Crippen LogP contribution in [0.3, 0.4) is 0 Å². The van der Waals surface area contributed by atoms with Gasteiger partial charge in [-0.3, -0.25) is 9.78 Å². The Morgan fingerprint density at radius 1 is 0.872 bits per heavy atom. The van der Waals surface area contributed by atoms with Gasteiger partial charge in [0.1, 0.15) is 13.1 Å². The summed E-state index contributed by atoms with van der Waals surface area (Å²) in [5.41, 5.74) is 6.24. The number of aromatic nitrogens is 1. The molecule has 8 heteroatoms. The van der Waals surface area contributed by atoms with Gasteiger partial charge in [-0.15, -0.1) is 0 Å². The number of halogens is 2. The molecule has 3 N–H and O–H groups in total. The van der Waals surface area contributed by atoms with E-state index in [9.17, 15) is 4.79 Å². The van der Waals surface area contributed by atoms with E-state index in [0.29, 0.717) is 16.0 Å². The van der Waals surface area contributed by atoms with E-state index in [2.05, 4.69) is 45.5 Å². The normalized spacial score (nSPS) is 20.1. The molecule has 1 aromatic heterocycles. The fourth-order valence-electron chi connectivity index (χ4n) is 6.00. The van der Waals surface area contributed by atoms with Crippen LogP contribution in [0.4, 0.5) is 5.69 Å². The van der Waals surface area contributed by atoms with E-state index in [1.807, 2.05) is 24.5 Å². The van der Waals surface area contributed by atoms with Gasteiger partial charge in [0.05, 0.1) is 39.3 Å². The van der Waals surface area contributed by atoms with Gasteiger partial charge in [-0.2, -0.15) is 0 Å². The molecule has 0 bridgehead atoms.